The molecule has 2 saturated heterocycles. The van der Waals surface area contributed by atoms with Gasteiger partial charge in [-0.15, -0.1) is 12.3 Å². The SMILES string of the molecule is C#CC1CC(=O)N(CC2OCCO2)C1. The predicted octanol–water partition coefficient (Wildman–Crippen LogP) is -0.159. The minimum absolute atomic E-state index is 0.0592. The van der Waals surface area contributed by atoms with Crippen LogP contribution in [0.5, 0.6) is 0 Å². The quantitative estimate of drug-likeness (QED) is 0.575. The molecule has 0 aromatic rings. The summed E-state index contributed by atoms with van der Waals surface area (Å²) in [4.78, 5) is 13.2. The Balaban J connectivity index is 1.86. The molecule has 14 heavy (non-hydrogen) atoms. The van der Waals surface area contributed by atoms with E-state index in [9.17, 15) is 4.79 Å². The summed E-state index contributed by atoms with van der Waals surface area (Å²) in [5.41, 5.74) is 0. The number of rotatable bonds is 2. The van der Waals surface area contributed by atoms with Crippen LogP contribution in [0.4, 0.5) is 0 Å². The van der Waals surface area contributed by atoms with Gasteiger partial charge in [-0.2, -0.15) is 0 Å². The van der Waals surface area contributed by atoms with Crippen molar-refractivity contribution in [2.24, 2.45) is 5.92 Å². The van der Waals surface area contributed by atoms with Gasteiger partial charge in [-0.05, 0) is 0 Å². The average molecular weight is 195 g/mol. The minimum Gasteiger partial charge on any atom is -0.348 e. The van der Waals surface area contributed by atoms with Crippen LogP contribution in [0, 0.1) is 18.3 Å². The molecule has 0 aliphatic carbocycles. The molecule has 0 N–H and O–H groups in total. The standard InChI is InChI=1S/C10H13NO3/c1-2-8-5-9(12)11(6-8)7-10-13-3-4-14-10/h1,8,10H,3-7H2. The van der Waals surface area contributed by atoms with Crippen molar-refractivity contribution in [1.29, 1.82) is 0 Å². The van der Waals surface area contributed by atoms with Crippen LogP contribution in [0.2, 0.25) is 0 Å². The molecule has 4 nitrogen and oxygen atoms in total. The second kappa shape index (κ2) is 3.99. The van der Waals surface area contributed by atoms with Crippen LogP contribution in [0.1, 0.15) is 6.42 Å². The zero-order valence-corrected chi connectivity index (χ0v) is 7.94. The molecular formula is C10H13NO3. The smallest absolute Gasteiger partial charge is 0.224 e. The maximum atomic E-state index is 11.5. The number of hydrogen-bond acceptors (Lipinski definition) is 3. The number of nitrogens with zero attached hydrogens (tertiary/aromatic N) is 1. The molecule has 2 aliphatic rings. The first-order chi connectivity index (χ1) is 6.79. The summed E-state index contributed by atoms with van der Waals surface area (Å²) in [5.74, 6) is 2.77. The number of ether oxygens (including phenoxy) is 2. The summed E-state index contributed by atoms with van der Waals surface area (Å²) in [6.07, 6.45) is 5.48. The van der Waals surface area contributed by atoms with Crippen molar-refractivity contribution in [1.82, 2.24) is 4.90 Å². The fourth-order valence-electron chi connectivity index (χ4n) is 1.75. The van der Waals surface area contributed by atoms with Crippen LogP contribution < -0.4 is 0 Å². The van der Waals surface area contributed by atoms with Gasteiger partial charge in [-0.1, -0.05) is 0 Å². The molecule has 0 radical (unpaired) electrons. The highest BCUT2D eigenvalue weighted by Gasteiger charge is 2.31. The van der Waals surface area contributed by atoms with Gasteiger partial charge in [0.1, 0.15) is 0 Å². The van der Waals surface area contributed by atoms with E-state index in [1.54, 1.807) is 4.90 Å². The lowest BCUT2D eigenvalue weighted by Crippen LogP contribution is -2.34. The zero-order valence-electron chi connectivity index (χ0n) is 7.94. The van der Waals surface area contributed by atoms with E-state index in [4.69, 9.17) is 15.9 Å². The van der Waals surface area contributed by atoms with E-state index in [0.717, 1.165) is 0 Å². The molecule has 1 amide bonds. The van der Waals surface area contributed by atoms with Crippen molar-refractivity contribution in [2.45, 2.75) is 12.7 Å². The van der Waals surface area contributed by atoms with Gasteiger partial charge in [0.05, 0.1) is 19.8 Å². The van der Waals surface area contributed by atoms with E-state index < -0.39 is 0 Å². The Morgan fingerprint density at radius 1 is 1.50 bits per heavy atom. The van der Waals surface area contributed by atoms with Gasteiger partial charge in [-0.25, -0.2) is 0 Å². The molecule has 4 heteroatoms. The maximum Gasteiger partial charge on any atom is 0.224 e. The Labute approximate surface area is 83.2 Å². The highest BCUT2D eigenvalue weighted by molar-refractivity contribution is 5.79. The Morgan fingerprint density at radius 2 is 2.21 bits per heavy atom. The first kappa shape index (κ1) is 9.50. The number of hydrogen-bond donors (Lipinski definition) is 0. The van der Waals surface area contributed by atoms with Gasteiger partial charge in [0.25, 0.3) is 0 Å². The van der Waals surface area contributed by atoms with Gasteiger partial charge in [0.15, 0.2) is 6.29 Å². The molecule has 1 unspecified atom stereocenters. The van der Waals surface area contributed by atoms with E-state index in [0.29, 0.717) is 32.7 Å². The summed E-state index contributed by atoms with van der Waals surface area (Å²) in [5, 5.41) is 0. The van der Waals surface area contributed by atoms with Crippen molar-refractivity contribution >= 4 is 5.91 Å². The Morgan fingerprint density at radius 3 is 2.79 bits per heavy atom. The Hall–Kier alpha value is -1.05. The molecule has 0 saturated carbocycles. The second-order valence-electron chi connectivity index (χ2n) is 3.54. The van der Waals surface area contributed by atoms with Crippen molar-refractivity contribution in [3.8, 4) is 12.3 Å². The normalized spacial score (nSPS) is 28.4. The highest BCUT2D eigenvalue weighted by Crippen LogP contribution is 2.18. The van der Waals surface area contributed by atoms with E-state index in [-0.39, 0.29) is 18.1 Å². The first-order valence-corrected chi connectivity index (χ1v) is 4.76. The van der Waals surface area contributed by atoms with E-state index >= 15 is 0 Å². The summed E-state index contributed by atoms with van der Waals surface area (Å²) in [7, 11) is 0. The van der Waals surface area contributed by atoms with E-state index in [2.05, 4.69) is 5.92 Å². The molecule has 1 atom stereocenters. The number of likely N-dealkylation sites (tertiary alicyclic amines) is 1. The fourth-order valence-corrected chi connectivity index (χ4v) is 1.75. The largest absolute Gasteiger partial charge is 0.348 e. The van der Waals surface area contributed by atoms with Crippen molar-refractivity contribution in [2.75, 3.05) is 26.3 Å². The number of amides is 1. The molecule has 0 bridgehead atoms. The van der Waals surface area contributed by atoms with Crippen LogP contribution in [-0.2, 0) is 14.3 Å². The number of carbonyl (C=O) groups excluding carboxylic acids is 1. The fraction of sp³-hybridized carbons (Fsp3) is 0.700. The molecule has 2 aliphatic heterocycles. The topological polar surface area (TPSA) is 38.8 Å². The summed E-state index contributed by atoms with van der Waals surface area (Å²) >= 11 is 0. The summed E-state index contributed by atoms with van der Waals surface area (Å²) < 4.78 is 10.5. The average Bonchev–Trinajstić information content (AvgIpc) is 2.78. The molecular weight excluding hydrogens is 182 g/mol. The predicted molar refractivity (Wildman–Crippen MR) is 49.2 cm³/mol. The molecule has 0 aromatic carbocycles. The first-order valence-electron chi connectivity index (χ1n) is 4.76. The van der Waals surface area contributed by atoms with Crippen LogP contribution >= 0.6 is 0 Å². The number of carbonyl (C=O) groups is 1. The Bertz CT molecular complexity index is 265. The van der Waals surface area contributed by atoms with Crippen LogP contribution in [0.15, 0.2) is 0 Å². The second-order valence-corrected chi connectivity index (χ2v) is 3.54. The number of terminal acetylenes is 1. The van der Waals surface area contributed by atoms with Gasteiger partial charge in [0, 0.05) is 18.9 Å². The van der Waals surface area contributed by atoms with Crippen molar-refractivity contribution in [3.63, 3.8) is 0 Å². The lowest BCUT2D eigenvalue weighted by molar-refractivity contribution is -0.133. The third-order valence-electron chi connectivity index (χ3n) is 2.51. The summed E-state index contributed by atoms with van der Waals surface area (Å²) in [6.45, 7) is 2.38. The molecule has 2 rings (SSSR count). The third kappa shape index (κ3) is 1.89. The third-order valence-corrected chi connectivity index (χ3v) is 2.51. The minimum atomic E-state index is -0.254. The molecule has 0 spiro atoms. The van der Waals surface area contributed by atoms with Crippen LogP contribution in [0.25, 0.3) is 0 Å². The van der Waals surface area contributed by atoms with Crippen LogP contribution in [-0.4, -0.2) is 43.4 Å². The highest BCUT2D eigenvalue weighted by atomic mass is 16.7. The van der Waals surface area contributed by atoms with E-state index in [1.807, 2.05) is 0 Å². The zero-order chi connectivity index (χ0) is 9.97. The maximum absolute atomic E-state index is 11.5. The van der Waals surface area contributed by atoms with Crippen molar-refractivity contribution < 1.29 is 14.3 Å². The monoisotopic (exact) mass is 195 g/mol. The van der Waals surface area contributed by atoms with Crippen LogP contribution in [0.3, 0.4) is 0 Å². The molecule has 76 valence electrons. The summed E-state index contributed by atoms with van der Waals surface area (Å²) in [6, 6.07) is 0. The van der Waals surface area contributed by atoms with Crippen molar-refractivity contribution in [3.05, 3.63) is 0 Å². The van der Waals surface area contributed by atoms with E-state index in [1.165, 1.54) is 0 Å². The van der Waals surface area contributed by atoms with Gasteiger partial charge < -0.3 is 14.4 Å². The molecule has 2 heterocycles. The van der Waals surface area contributed by atoms with Gasteiger partial charge >= 0.3 is 0 Å². The molecule has 0 aromatic heterocycles. The van der Waals surface area contributed by atoms with Gasteiger partial charge in [-0.3, -0.25) is 4.79 Å². The lowest BCUT2D eigenvalue weighted by atomic mass is 10.1. The lowest BCUT2D eigenvalue weighted by Gasteiger charge is -2.19. The van der Waals surface area contributed by atoms with Gasteiger partial charge in [0.2, 0.25) is 5.91 Å². The molecule has 2 fully saturated rings. The Kier molecular flexibility index (Phi) is 2.71.